The molecule has 3 atom stereocenters. The lowest BCUT2D eigenvalue weighted by Gasteiger charge is -2.36. The fraction of sp³-hybridized carbons (Fsp3) is 0.353. The number of hydrogen-bond acceptors (Lipinski definition) is 9. The topological polar surface area (TPSA) is 158 Å². The minimum absolute atomic E-state index is 0.0664. The lowest BCUT2D eigenvalue weighted by Crippen LogP contribution is -2.52. The number of hydrogen-bond donors (Lipinski definition) is 2. The third kappa shape index (κ3) is 7.82. The number of methoxy groups -OCH3 is 1. The van der Waals surface area contributed by atoms with Crippen LogP contribution in [0.3, 0.4) is 0 Å². The highest BCUT2D eigenvalue weighted by molar-refractivity contribution is 6.01. The molecule has 0 unspecified atom stereocenters. The second-order valence-corrected chi connectivity index (χ2v) is 10.6. The van der Waals surface area contributed by atoms with Crippen LogP contribution in [0.5, 0.6) is 17.2 Å². The summed E-state index contributed by atoms with van der Waals surface area (Å²) < 4.78 is 27.1. The van der Waals surface area contributed by atoms with E-state index in [1.165, 1.54) is 12.0 Å². The molecule has 2 N–H and O–H groups in total. The molecule has 3 aromatic rings. The molecule has 3 aromatic carbocycles. The average Bonchev–Trinajstić information content (AvgIpc) is 3.53. The van der Waals surface area contributed by atoms with E-state index in [0.29, 0.717) is 30.1 Å². The third-order valence-corrected chi connectivity index (χ3v) is 7.72. The third-order valence-electron chi connectivity index (χ3n) is 7.72. The van der Waals surface area contributed by atoms with E-state index in [-0.39, 0.29) is 6.61 Å². The normalized spacial score (nSPS) is 16.5. The fourth-order valence-corrected chi connectivity index (χ4v) is 5.34. The second kappa shape index (κ2) is 15.4. The van der Waals surface area contributed by atoms with Gasteiger partial charge in [-0.3, -0.25) is 9.59 Å². The fourth-order valence-electron chi connectivity index (χ4n) is 5.34. The number of carbonyl (C=O) groups is 4. The maximum Gasteiger partial charge on any atom is 0.377 e. The lowest BCUT2D eigenvalue weighted by atomic mass is 9.85. The molecule has 0 radical (unpaired) electrons. The van der Waals surface area contributed by atoms with E-state index in [0.717, 1.165) is 11.1 Å². The van der Waals surface area contributed by atoms with Crippen molar-refractivity contribution in [3.8, 4) is 17.2 Å². The molecule has 0 spiro atoms. The molecular weight excluding hydrogens is 598 g/mol. The maximum atomic E-state index is 13.9. The van der Waals surface area contributed by atoms with Gasteiger partial charge >= 0.3 is 23.7 Å². The van der Waals surface area contributed by atoms with E-state index in [4.69, 9.17) is 23.7 Å². The smallest absolute Gasteiger partial charge is 0.377 e. The van der Waals surface area contributed by atoms with Crippen molar-refractivity contribution < 1.29 is 53.1 Å². The van der Waals surface area contributed by atoms with Gasteiger partial charge in [0.1, 0.15) is 12.3 Å². The van der Waals surface area contributed by atoms with Crippen LogP contribution in [0, 0.1) is 0 Å². The first kappa shape index (κ1) is 33.9. The molecule has 0 bridgehead atoms. The first-order valence-electron chi connectivity index (χ1n) is 14.8. The molecular formula is C34H37NO11. The molecule has 1 saturated heterocycles. The monoisotopic (exact) mass is 635 g/mol. The Morgan fingerprint density at radius 1 is 0.957 bits per heavy atom. The number of benzene rings is 3. The van der Waals surface area contributed by atoms with Crippen LogP contribution in [-0.2, 0) is 39.8 Å². The van der Waals surface area contributed by atoms with Crippen molar-refractivity contribution in [2.24, 2.45) is 0 Å². The zero-order valence-electron chi connectivity index (χ0n) is 25.8. The van der Waals surface area contributed by atoms with Gasteiger partial charge in [-0.15, -0.1) is 0 Å². The standard InChI is InChI=1S/C34H37NO11/c1-4-43-30(36)20-35(31(37)29-21-44-34(46-29,32(38)39)33(40)41)22(2)26(17-15-23-11-7-5-8-12-23)24-16-18-27(28(19-24)42-3)45-25-13-9-6-10-14-25/h5-14,16,18-19,22,26,29H,4,15,17,20-21H2,1-3H3,(H,38,39)(H,40,41)/t22-,26+,29-/m0/s1. The number of esters is 1. The number of para-hydroxylation sites is 1. The number of nitrogens with zero attached hydrogens (tertiary/aromatic N) is 1. The molecule has 0 aromatic heterocycles. The molecule has 0 aliphatic carbocycles. The van der Waals surface area contributed by atoms with Gasteiger partial charge in [-0.05, 0) is 62.1 Å². The first-order valence-corrected chi connectivity index (χ1v) is 14.8. The van der Waals surface area contributed by atoms with Crippen molar-refractivity contribution in [3.05, 3.63) is 90.0 Å². The Hall–Kier alpha value is -4.94. The Balaban J connectivity index is 1.70. The first-order chi connectivity index (χ1) is 22.1. The highest BCUT2D eigenvalue weighted by Gasteiger charge is 2.58. The van der Waals surface area contributed by atoms with E-state index < -0.39 is 60.8 Å². The second-order valence-electron chi connectivity index (χ2n) is 10.6. The summed E-state index contributed by atoms with van der Waals surface area (Å²) in [5.41, 5.74) is 1.83. The van der Waals surface area contributed by atoms with E-state index in [9.17, 15) is 29.4 Å². The number of aryl methyl sites for hydroxylation is 1. The quantitative estimate of drug-likeness (QED) is 0.182. The average molecular weight is 636 g/mol. The number of rotatable bonds is 15. The van der Waals surface area contributed by atoms with Crippen molar-refractivity contribution >= 4 is 23.8 Å². The number of carbonyl (C=O) groups excluding carboxylic acids is 2. The molecule has 4 rings (SSSR count). The number of amides is 1. The number of aliphatic carboxylic acids is 2. The van der Waals surface area contributed by atoms with Crippen LogP contribution >= 0.6 is 0 Å². The molecule has 1 fully saturated rings. The van der Waals surface area contributed by atoms with Crippen LogP contribution in [-0.4, -0.2) is 83.7 Å². The SMILES string of the molecule is CCOC(=O)CN(C(=O)[C@@H]1COC(C(=O)O)(C(=O)O)O1)[C@@H](C)[C@@H](CCc1ccccc1)c1ccc(Oc2ccccc2)c(OC)c1. The van der Waals surface area contributed by atoms with Gasteiger partial charge in [-0.1, -0.05) is 54.6 Å². The van der Waals surface area contributed by atoms with Gasteiger partial charge in [-0.25, -0.2) is 9.59 Å². The van der Waals surface area contributed by atoms with Gasteiger partial charge in [0.25, 0.3) is 5.91 Å². The van der Waals surface area contributed by atoms with Gasteiger partial charge in [0.2, 0.25) is 0 Å². The molecule has 1 aliphatic heterocycles. The summed E-state index contributed by atoms with van der Waals surface area (Å²) in [5, 5.41) is 19.0. The Morgan fingerprint density at radius 3 is 2.20 bits per heavy atom. The van der Waals surface area contributed by atoms with Crippen LogP contribution < -0.4 is 9.47 Å². The zero-order chi connectivity index (χ0) is 33.3. The van der Waals surface area contributed by atoms with Gasteiger partial charge in [0.15, 0.2) is 17.6 Å². The van der Waals surface area contributed by atoms with E-state index >= 15 is 0 Å². The summed E-state index contributed by atoms with van der Waals surface area (Å²) in [6.07, 6.45) is -0.461. The zero-order valence-corrected chi connectivity index (χ0v) is 25.8. The Bertz CT molecular complexity index is 1500. The summed E-state index contributed by atoms with van der Waals surface area (Å²) in [6.45, 7) is 2.32. The highest BCUT2D eigenvalue weighted by Crippen LogP contribution is 2.38. The molecule has 244 valence electrons. The maximum absolute atomic E-state index is 13.9. The summed E-state index contributed by atoms with van der Waals surface area (Å²) in [6, 6.07) is 23.7. The van der Waals surface area contributed by atoms with E-state index in [1.54, 1.807) is 19.9 Å². The van der Waals surface area contributed by atoms with E-state index in [1.807, 2.05) is 72.8 Å². The largest absolute Gasteiger partial charge is 0.493 e. The number of ether oxygens (including phenoxy) is 5. The summed E-state index contributed by atoms with van der Waals surface area (Å²) in [7, 11) is 1.52. The number of carboxylic acid groups (broad SMARTS) is 2. The van der Waals surface area contributed by atoms with Crippen LogP contribution in [0.1, 0.15) is 37.3 Å². The van der Waals surface area contributed by atoms with Gasteiger partial charge < -0.3 is 38.8 Å². The molecule has 1 heterocycles. The molecule has 1 amide bonds. The van der Waals surface area contributed by atoms with Crippen molar-refractivity contribution in [2.75, 3.05) is 26.9 Å². The van der Waals surface area contributed by atoms with Crippen LogP contribution in [0.4, 0.5) is 0 Å². The van der Waals surface area contributed by atoms with Crippen LogP contribution in [0.25, 0.3) is 0 Å². The molecule has 12 nitrogen and oxygen atoms in total. The molecule has 12 heteroatoms. The van der Waals surface area contributed by atoms with Crippen molar-refractivity contribution in [2.45, 2.75) is 50.5 Å². The summed E-state index contributed by atoms with van der Waals surface area (Å²) in [5.74, 6) is -7.25. The van der Waals surface area contributed by atoms with E-state index in [2.05, 4.69) is 0 Å². The Morgan fingerprint density at radius 2 is 1.61 bits per heavy atom. The highest BCUT2D eigenvalue weighted by atomic mass is 16.8. The van der Waals surface area contributed by atoms with Crippen LogP contribution in [0.2, 0.25) is 0 Å². The minimum Gasteiger partial charge on any atom is -0.493 e. The lowest BCUT2D eigenvalue weighted by molar-refractivity contribution is -0.218. The molecule has 46 heavy (non-hydrogen) atoms. The number of carboxylic acids is 2. The van der Waals surface area contributed by atoms with Gasteiger partial charge in [0, 0.05) is 12.0 Å². The minimum atomic E-state index is -3.05. The Kier molecular flexibility index (Phi) is 11.3. The van der Waals surface area contributed by atoms with Crippen molar-refractivity contribution in [3.63, 3.8) is 0 Å². The predicted molar refractivity (Wildman–Crippen MR) is 164 cm³/mol. The Labute approximate surface area is 266 Å². The molecule has 0 saturated carbocycles. The van der Waals surface area contributed by atoms with Gasteiger partial charge in [0.05, 0.1) is 20.3 Å². The predicted octanol–water partition coefficient (Wildman–Crippen LogP) is 4.27. The van der Waals surface area contributed by atoms with Crippen molar-refractivity contribution in [1.29, 1.82) is 0 Å². The molecule has 1 aliphatic rings. The van der Waals surface area contributed by atoms with Crippen molar-refractivity contribution in [1.82, 2.24) is 4.90 Å². The van der Waals surface area contributed by atoms with Gasteiger partial charge in [-0.2, -0.15) is 0 Å². The summed E-state index contributed by atoms with van der Waals surface area (Å²) in [4.78, 5) is 51.5. The van der Waals surface area contributed by atoms with Crippen LogP contribution in [0.15, 0.2) is 78.9 Å². The summed E-state index contributed by atoms with van der Waals surface area (Å²) >= 11 is 0.